The minimum atomic E-state index is -3.78. The number of carbonyl (C=O) groups excluding carboxylic acids is 1. The highest BCUT2D eigenvalue weighted by atomic mass is 32.2. The molecule has 0 saturated heterocycles. The predicted molar refractivity (Wildman–Crippen MR) is 121 cm³/mol. The maximum atomic E-state index is 12.8. The van der Waals surface area contributed by atoms with Crippen LogP contribution in [-0.4, -0.2) is 31.0 Å². The fourth-order valence-corrected chi connectivity index (χ4v) is 4.79. The van der Waals surface area contributed by atoms with Crippen LogP contribution in [0.15, 0.2) is 51.9 Å². The summed E-state index contributed by atoms with van der Waals surface area (Å²) in [7, 11) is -3.78. The van der Waals surface area contributed by atoms with Gasteiger partial charge in [-0.05, 0) is 48.1 Å². The molecule has 1 aliphatic heterocycles. The van der Waals surface area contributed by atoms with Gasteiger partial charge in [0, 0.05) is 24.7 Å². The summed E-state index contributed by atoms with van der Waals surface area (Å²) in [5.74, 6) is 0.962. The molecule has 168 valence electrons. The van der Waals surface area contributed by atoms with E-state index in [1.54, 1.807) is 17.0 Å². The summed E-state index contributed by atoms with van der Waals surface area (Å²) in [5, 5.41) is 3.96. The molecule has 9 heteroatoms. The van der Waals surface area contributed by atoms with Gasteiger partial charge in [0.1, 0.15) is 0 Å². The zero-order chi connectivity index (χ0) is 22.9. The summed E-state index contributed by atoms with van der Waals surface area (Å²) >= 11 is 0. The summed E-state index contributed by atoms with van der Waals surface area (Å²) < 4.78 is 33.3. The molecule has 0 spiro atoms. The van der Waals surface area contributed by atoms with Gasteiger partial charge in [-0.1, -0.05) is 43.3 Å². The van der Waals surface area contributed by atoms with Gasteiger partial charge in [-0.3, -0.25) is 4.79 Å². The van der Waals surface area contributed by atoms with Gasteiger partial charge in [-0.15, -0.1) is 0 Å². The maximum absolute atomic E-state index is 12.8. The molecule has 0 radical (unpaired) electrons. The lowest BCUT2D eigenvalue weighted by Crippen LogP contribution is -2.33. The van der Waals surface area contributed by atoms with Crippen LogP contribution in [-0.2, 0) is 27.8 Å². The second-order valence-electron chi connectivity index (χ2n) is 8.18. The van der Waals surface area contributed by atoms with Crippen LogP contribution in [0.25, 0.3) is 11.4 Å². The van der Waals surface area contributed by atoms with Gasteiger partial charge in [-0.2, -0.15) is 4.98 Å². The first kappa shape index (κ1) is 22.2. The smallest absolute Gasteiger partial charge is 0.242 e. The third kappa shape index (κ3) is 4.58. The summed E-state index contributed by atoms with van der Waals surface area (Å²) in [4.78, 5) is 17.9. The lowest BCUT2D eigenvalue weighted by atomic mass is 10.0. The standard InChI is InChI=1S/C23H26N4O4S/c1-15(2)17-6-8-18(9-7-17)23-25-22(31-26-23)14-24-32(29,30)20-10-11-21-19(13-20)5-4-12-27(21)16(3)28/h6-11,13,15,24H,4-5,12,14H2,1-3H3. The van der Waals surface area contributed by atoms with E-state index in [2.05, 4.69) is 28.7 Å². The topological polar surface area (TPSA) is 105 Å². The Morgan fingerprint density at radius 2 is 1.94 bits per heavy atom. The average Bonchev–Trinajstić information content (AvgIpc) is 3.26. The zero-order valence-corrected chi connectivity index (χ0v) is 19.1. The van der Waals surface area contributed by atoms with Crippen molar-refractivity contribution in [2.45, 2.75) is 51.0 Å². The number of sulfonamides is 1. The quantitative estimate of drug-likeness (QED) is 0.610. The van der Waals surface area contributed by atoms with Gasteiger partial charge in [0.2, 0.25) is 27.6 Å². The van der Waals surface area contributed by atoms with Crippen molar-refractivity contribution in [1.29, 1.82) is 0 Å². The number of hydrogen-bond acceptors (Lipinski definition) is 6. The minimum Gasteiger partial charge on any atom is -0.338 e. The summed E-state index contributed by atoms with van der Waals surface area (Å²) in [6.07, 6.45) is 1.53. The van der Waals surface area contributed by atoms with Crippen molar-refractivity contribution in [2.24, 2.45) is 0 Å². The van der Waals surface area contributed by atoms with E-state index in [4.69, 9.17) is 4.52 Å². The second-order valence-corrected chi connectivity index (χ2v) is 9.94. The predicted octanol–water partition coefficient (Wildman–Crippen LogP) is 3.64. The van der Waals surface area contributed by atoms with Crippen LogP contribution in [0, 0.1) is 0 Å². The Hall–Kier alpha value is -3.04. The second kappa shape index (κ2) is 8.84. The largest absolute Gasteiger partial charge is 0.338 e. The molecule has 32 heavy (non-hydrogen) atoms. The van der Waals surface area contributed by atoms with Crippen LogP contribution in [0.2, 0.25) is 0 Å². The van der Waals surface area contributed by atoms with Crippen molar-refractivity contribution < 1.29 is 17.7 Å². The van der Waals surface area contributed by atoms with E-state index in [0.717, 1.165) is 29.7 Å². The molecule has 0 bridgehead atoms. The molecule has 3 aromatic rings. The molecule has 1 N–H and O–H groups in total. The number of aromatic nitrogens is 2. The normalized spacial score (nSPS) is 13.9. The van der Waals surface area contributed by atoms with Gasteiger partial charge >= 0.3 is 0 Å². The van der Waals surface area contributed by atoms with Crippen LogP contribution >= 0.6 is 0 Å². The highest BCUT2D eigenvalue weighted by molar-refractivity contribution is 7.89. The molecule has 1 amide bonds. The number of rotatable bonds is 6. The number of carbonyl (C=O) groups is 1. The van der Waals surface area contributed by atoms with E-state index in [9.17, 15) is 13.2 Å². The van der Waals surface area contributed by atoms with E-state index >= 15 is 0 Å². The molecule has 2 aromatic carbocycles. The number of benzene rings is 2. The first-order valence-corrected chi connectivity index (χ1v) is 12.1. The molecule has 0 atom stereocenters. The molecule has 2 heterocycles. The van der Waals surface area contributed by atoms with E-state index in [1.807, 2.05) is 24.3 Å². The molecular weight excluding hydrogens is 428 g/mol. The number of nitrogens with one attached hydrogen (secondary N) is 1. The van der Waals surface area contributed by atoms with Crippen LogP contribution in [0.4, 0.5) is 5.69 Å². The number of anilines is 1. The Morgan fingerprint density at radius 1 is 1.19 bits per heavy atom. The number of fused-ring (bicyclic) bond motifs is 1. The van der Waals surface area contributed by atoms with Gasteiger partial charge in [0.25, 0.3) is 0 Å². The van der Waals surface area contributed by atoms with E-state index < -0.39 is 10.0 Å². The van der Waals surface area contributed by atoms with Crippen LogP contribution in [0.5, 0.6) is 0 Å². The molecular formula is C23H26N4O4S. The average molecular weight is 455 g/mol. The van der Waals surface area contributed by atoms with Crippen molar-refractivity contribution >= 4 is 21.6 Å². The van der Waals surface area contributed by atoms with Crippen molar-refractivity contribution in [2.75, 3.05) is 11.4 Å². The maximum Gasteiger partial charge on any atom is 0.242 e. The third-order valence-electron chi connectivity index (χ3n) is 5.58. The molecule has 0 saturated carbocycles. The lowest BCUT2D eigenvalue weighted by Gasteiger charge is -2.28. The molecule has 1 aromatic heterocycles. The number of amides is 1. The van der Waals surface area contributed by atoms with Crippen LogP contribution in [0.3, 0.4) is 0 Å². The summed E-state index contributed by atoms with van der Waals surface area (Å²) in [6, 6.07) is 12.7. The molecule has 8 nitrogen and oxygen atoms in total. The molecule has 0 fully saturated rings. The zero-order valence-electron chi connectivity index (χ0n) is 18.3. The number of nitrogens with zero attached hydrogens (tertiary/aromatic N) is 3. The van der Waals surface area contributed by atoms with Gasteiger partial charge in [-0.25, -0.2) is 13.1 Å². The number of hydrogen-bond donors (Lipinski definition) is 1. The van der Waals surface area contributed by atoms with E-state index in [-0.39, 0.29) is 23.2 Å². The Labute approximate surface area is 187 Å². The van der Waals surface area contributed by atoms with Gasteiger partial charge in [0.15, 0.2) is 0 Å². The summed E-state index contributed by atoms with van der Waals surface area (Å²) in [5.41, 5.74) is 3.63. The van der Waals surface area contributed by atoms with E-state index in [1.165, 1.54) is 18.6 Å². The highest BCUT2D eigenvalue weighted by Gasteiger charge is 2.23. The Kier molecular flexibility index (Phi) is 6.12. The first-order chi connectivity index (χ1) is 15.2. The van der Waals surface area contributed by atoms with Crippen molar-refractivity contribution in [3.8, 4) is 11.4 Å². The first-order valence-electron chi connectivity index (χ1n) is 10.6. The molecule has 0 unspecified atom stereocenters. The Morgan fingerprint density at radius 3 is 2.62 bits per heavy atom. The third-order valence-corrected chi connectivity index (χ3v) is 6.98. The fourth-order valence-electron chi connectivity index (χ4n) is 3.77. The van der Waals surface area contributed by atoms with Gasteiger partial charge < -0.3 is 9.42 Å². The minimum absolute atomic E-state index is 0.0503. The van der Waals surface area contributed by atoms with Crippen molar-refractivity contribution in [3.05, 3.63) is 59.5 Å². The monoisotopic (exact) mass is 454 g/mol. The fraction of sp³-hybridized carbons (Fsp3) is 0.348. The highest BCUT2D eigenvalue weighted by Crippen LogP contribution is 2.29. The number of aryl methyl sites for hydroxylation is 1. The van der Waals surface area contributed by atoms with Crippen LogP contribution in [0.1, 0.15) is 50.1 Å². The van der Waals surface area contributed by atoms with Crippen LogP contribution < -0.4 is 9.62 Å². The van der Waals surface area contributed by atoms with E-state index in [0.29, 0.717) is 18.3 Å². The van der Waals surface area contributed by atoms with Crippen molar-refractivity contribution in [3.63, 3.8) is 0 Å². The SMILES string of the molecule is CC(=O)N1CCCc2cc(S(=O)(=O)NCc3nc(-c4ccc(C(C)C)cc4)no3)ccc21. The molecule has 4 rings (SSSR count). The van der Waals surface area contributed by atoms with Gasteiger partial charge in [0.05, 0.1) is 11.4 Å². The lowest BCUT2D eigenvalue weighted by molar-refractivity contribution is -0.116. The Bertz CT molecular complexity index is 1230. The Balaban J connectivity index is 1.46. The molecule has 1 aliphatic rings. The molecule has 0 aliphatic carbocycles. The summed E-state index contributed by atoms with van der Waals surface area (Å²) in [6.45, 7) is 6.28. The van der Waals surface area contributed by atoms with Crippen molar-refractivity contribution in [1.82, 2.24) is 14.9 Å².